The van der Waals surface area contributed by atoms with Crippen LogP contribution in [0.15, 0.2) is 12.1 Å². The Morgan fingerprint density at radius 1 is 1.00 bits per heavy atom. The van der Waals surface area contributed by atoms with Gasteiger partial charge < -0.3 is 14.9 Å². The number of unbranched alkanes of at least 4 members (excludes halogenated alkanes) is 9. The van der Waals surface area contributed by atoms with Crippen molar-refractivity contribution in [3.8, 4) is 11.5 Å². The molecule has 24 heavy (non-hydrogen) atoms. The number of carboxylic acids is 1. The van der Waals surface area contributed by atoms with Crippen molar-refractivity contribution in [3.05, 3.63) is 22.7 Å². The maximum Gasteiger partial charge on any atom is 0.339 e. The molecule has 0 saturated carbocycles. The van der Waals surface area contributed by atoms with Gasteiger partial charge in [0.05, 0.1) is 11.6 Å². The van der Waals surface area contributed by atoms with E-state index in [2.05, 4.69) is 6.92 Å². The first-order valence-corrected chi connectivity index (χ1v) is 9.32. The monoisotopic (exact) mass is 356 g/mol. The van der Waals surface area contributed by atoms with Gasteiger partial charge in [0.25, 0.3) is 0 Å². The van der Waals surface area contributed by atoms with E-state index in [0.29, 0.717) is 12.4 Å². The fraction of sp³-hybridized carbons (Fsp3) is 0.632. The highest BCUT2D eigenvalue weighted by atomic mass is 35.5. The predicted octanol–water partition coefficient (Wildman–Crippen LogP) is 6.04. The largest absolute Gasteiger partial charge is 0.507 e. The number of hydrogen-bond donors (Lipinski definition) is 2. The average molecular weight is 357 g/mol. The molecule has 1 aromatic carbocycles. The van der Waals surface area contributed by atoms with Gasteiger partial charge in [0.2, 0.25) is 0 Å². The van der Waals surface area contributed by atoms with E-state index in [0.717, 1.165) is 12.8 Å². The maximum absolute atomic E-state index is 10.9. The number of benzene rings is 1. The van der Waals surface area contributed by atoms with Gasteiger partial charge in [-0.15, -0.1) is 0 Å². The molecule has 4 nitrogen and oxygen atoms in total. The van der Waals surface area contributed by atoms with Gasteiger partial charge in [-0.05, 0) is 12.5 Å². The normalized spacial score (nSPS) is 10.8. The number of hydrogen-bond acceptors (Lipinski definition) is 3. The van der Waals surface area contributed by atoms with Crippen molar-refractivity contribution in [2.24, 2.45) is 0 Å². The molecular weight excluding hydrogens is 328 g/mol. The minimum atomic E-state index is -1.21. The number of aromatic hydroxyl groups is 1. The van der Waals surface area contributed by atoms with Crippen molar-refractivity contribution >= 4 is 17.6 Å². The average Bonchev–Trinajstić information content (AvgIpc) is 2.55. The lowest BCUT2D eigenvalue weighted by molar-refractivity contribution is 0.0693. The molecule has 0 fully saturated rings. The van der Waals surface area contributed by atoms with Gasteiger partial charge in [0.15, 0.2) is 0 Å². The van der Waals surface area contributed by atoms with Gasteiger partial charge in [-0.3, -0.25) is 0 Å². The molecule has 0 radical (unpaired) electrons. The van der Waals surface area contributed by atoms with Crippen molar-refractivity contribution < 1.29 is 19.7 Å². The van der Waals surface area contributed by atoms with Gasteiger partial charge in [0, 0.05) is 6.07 Å². The highest BCUT2D eigenvalue weighted by Gasteiger charge is 2.14. The predicted molar refractivity (Wildman–Crippen MR) is 97.4 cm³/mol. The van der Waals surface area contributed by atoms with Crippen LogP contribution >= 0.6 is 11.6 Å². The number of ether oxygens (including phenoxy) is 1. The van der Waals surface area contributed by atoms with Crippen LogP contribution in [-0.4, -0.2) is 22.8 Å². The molecule has 136 valence electrons. The van der Waals surface area contributed by atoms with Crippen LogP contribution in [0.3, 0.4) is 0 Å². The summed E-state index contributed by atoms with van der Waals surface area (Å²) in [5, 5.41) is 18.7. The second-order valence-corrected chi connectivity index (χ2v) is 6.54. The Kier molecular flexibility index (Phi) is 10.3. The SMILES string of the molecule is CCCCCCCCCCCCOc1cc(O)c(C(=O)O)cc1Cl. The highest BCUT2D eigenvalue weighted by molar-refractivity contribution is 6.32. The van der Waals surface area contributed by atoms with Crippen LogP contribution in [0.4, 0.5) is 0 Å². The summed E-state index contributed by atoms with van der Waals surface area (Å²) < 4.78 is 5.54. The van der Waals surface area contributed by atoms with Gasteiger partial charge in [-0.2, -0.15) is 0 Å². The minimum Gasteiger partial charge on any atom is -0.507 e. The second kappa shape index (κ2) is 12.0. The first-order valence-electron chi connectivity index (χ1n) is 8.94. The van der Waals surface area contributed by atoms with Gasteiger partial charge in [-0.25, -0.2) is 4.79 Å². The van der Waals surface area contributed by atoms with Crippen LogP contribution < -0.4 is 4.74 Å². The lowest BCUT2D eigenvalue weighted by atomic mass is 10.1. The Morgan fingerprint density at radius 3 is 2.08 bits per heavy atom. The molecule has 0 spiro atoms. The third kappa shape index (κ3) is 7.91. The van der Waals surface area contributed by atoms with Crippen LogP contribution in [0, 0.1) is 0 Å². The van der Waals surface area contributed by atoms with Crippen LogP contribution in [0.2, 0.25) is 5.02 Å². The molecule has 5 heteroatoms. The number of aromatic carboxylic acids is 1. The zero-order valence-electron chi connectivity index (χ0n) is 14.5. The van der Waals surface area contributed by atoms with Gasteiger partial charge >= 0.3 is 5.97 Å². The molecule has 0 atom stereocenters. The van der Waals surface area contributed by atoms with Crippen LogP contribution in [-0.2, 0) is 0 Å². The van der Waals surface area contributed by atoms with Crippen molar-refractivity contribution in [1.82, 2.24) is 0 Å². The number of carbonyl (C=O) groups is 1. The Morgan fingerprint density at radius 2 is 1.54 bits per heavy atom. The number of halogens is 1. The third-order valence-electron chi connectivity index (χ3n) is 4.04. The molecular formula is C19H29ClO4. The topological polar surface area (TPSA) is 66.8 Å². The van der Waals surface area contributed by atoms with E-state index in [1.54, 1.807) is 0 Å². The van der Waals surface area contributed by atoms with Gasteiger partial charge in [-0.1, -0.05) is 76.3 Å². The zero-order chi connectivity index (χ0) is 17.8. The smallest absolute Gasteiger partial charge is 0.339 e. The minimum absolute atomic E-state index is 0.206. The molecule has 0 aliphatic heterocycles. The maximum atomic E-state index is 10.9. The Labute approximate surface area is 149 Å². The standard InChI is InChI=1S/C19H29ClO4/c1-2-3-4-5-6-7-8-9-10-11-12-24-18-14-17(21)15(19(22)23)13-16(18)20/h13-14,21H,2-12H2,1H3,(H,22,23). The molecule has 0 bridgehead atoms. The second-order valence-electron chi connectivity index (χ2n) is 6.14. The Balaban J connectivity index is 2.13. The third-order valence-corrected chi connectivity index (χ3v) is 4.33. The van der Waals surface area contributed by atoms with E-state index >= 15 is 0 Å². The number of rotatable bonds is 13. The van der Waals surface area contributed by atoms with E-state index in [-0.39, 0.29) is 16.3 Å². The fourth-order valence-electron chi connectivity index (χ4n) is 2.60. The van der Waals surface area contributed by atoms with E-state index in [1.807, 2.05) is 0 Å². The fourth-order valence-corrected chi connectivity index (χ4v) is 2.81. The molecule has 0 amide bonds. The summed E-state index contributed by atoms with van der Waals surface area (Å²) in [4.78, 5) is 10.9. The lowest BCUT2D eigenvalue weighted by Gasteiger charge is -2.10. The van der Waals surface area contributed by atoms with Crippen molar-refractivity contribution in [2.45, 2.75) is 71.1 Å². The lowest BCUT2D eigenvalue weighted by Crippen LogP contribution is -2.01. The summed E-state index contributed by atoms with van der Waals surface area (Å²) in [6.07, 6.45) is 12.5. The summed E-state index contributed by atoms with van der Waals surface area (Å²) in [7, 11) is 0. The summed E-state index contributed by atoms with van der Waals surface area (Å²) in [5.74, 6) is -1.21. The molecule has 0 aliphatic carbocycles. The van der Waals surface area contributed by atoms with Crippen LogP contribution in [0.25, 0.3) is 0 Å². The summed E-state index contributed by atoms with van der Waals surface area (Å²) in [6.45, 7) is 2.75. The molecule has 2 N–H and O–H groups in total. The summed E-state index contributed by atoms with van der Waals surface area (Å²) in [5.41, 5.74) is -0.216. The molecule has 1 aromatic rings. The van der Waals surface area contributed by atoms with E-state index < -0.39 is 5.97 Å². The zero-order valence-corrected chi connectivity index (χ0v) is 15.3. The Hall–Kier alpha value is -1.42. The van der Waals surface area contributed by atoms with E-state index in [9.17, 15) is 9.90 Å². The quantitative estimate of drug-likeness (QED) is 0.422. The molecule has 0 heterocycles. The number of carboxylic acid groups (broad SMARTS) is 1. The van der Waals surface area contributed by atoms with E-state index in [1.165, 1.54) is 63.5 Å². The Bertz CT molecular complexity index is 502. The van der Waals surface area contributed by atoms with Gasteiger partial charge in [0.1, 0.15) is 17.1 Å². The van der Waals surface area contributed by atoms with Crippen molar-refractivity contribution in [1.29, 1.82) is 0 Å². The molecule has 0 aromatic heterocycles. The highest BCUT2D eigenvalue weighted by Crippen LogP contribution is 2.32. The molecule has 0 saturated heterocycles. The van der Waals surface area contributed by atoms with Crippen molar-refractivity contribution in [3.63, 3.8) is 0 Å². The first-order chi connectivity index (χ1) is 11.6. The molecule has 1 rings (SSSR count). The summed E-state index contributed by atoms with van der Waals surface area (Å²) in [6, 6.07) is 2.48. The van der Waals surface area contributed by atoms with Crippen LogP contribution in [0.1, 0.15) is 81.5 Å². The first kappa shape index (κ1) is 20.6. The molecule has 0 unspecified atom stereocenters. The summed E-state index contributed by atoms with van der Waals surface area (Å²) >= 11 is 5.98. The van der Waals surface area contributed by atoms with Crippen LogP contribution in [0.5, 0.6) is 11.5 Å². The number of phenols is 1. The van der Waals surface area contributed by atoms with E-state index in [4.69, 9.17) is 21.4 Å². The molecule has 0 aliphatic rings. The van der Waals surface area contributed by atoms with Crippen molar-refractivity contribution in [2.75, 3.05) is 6.61 Å².